The minimum absolute atomic E-state index is 0.0464. The van der Waals surface area contributed by atoms with Gasteiger partial charge in [-0.3, -0.25) is 9.36 Å². The second-order valence-corrected chi connectivity index (χ2v) is 9.27. The molecule has 1 aromatic heterocycles. The van der Waals surface area contributed by atoms with Gasteiger partial charge in [0, 0.05) is 11.4 Å². The average molecular weight is 497 g/mol. The van der Waals surface area contributed by atoms with E-state index in [1.807, 2.05) is 37.3 Å². The van der Waals surface area contributed by atoms with Crippen molar-refractivity contribution in [3.63, 3.8) is 0 Å². The molecular weight excluding hydrogens is 472 g/mol. The minimum Gasteiger partial charge on any atom is -0.495 e. The van der Waals surface area contributed by atoms with E-state index in [0.29, 0.717) is 11.1 Å². The zero-order chi connectivity index (χ0) is 25.8. The molecular formula is C24H24N4O6S. The van der Waals surface area contributed by atoms with Gasteiger partial charge in [-0.2, -0.15) is 5.26 Å². The molecule has 1 heterocycles. The van der Waals surface area contributed by atoms with Crippen LogP contribution in [0.25, 0.3) is 5.69 Å². The van der Waals surface area contributed by atoms with Gasteiger partial charge in [0.1, 0.15) is 22.5 Å². The fourth-order valence-electron chi connectivity index (χ4n) is 3.47. The van der Waals surface area contributed by atoms with E-state index in [1.165, 1.54) is 26.3 Å². The van der Waals surface area contributed by atoms with Crippen LogP contribution in [0.1, 0.15) is 27.2 Å². The number of rotatable bonds is 8. The number of sulfonamides is 1. The summed E-state index contributed by atoms with van der Waals surface area (Å²) in [5, 5.41) is 12.3. The fourth-order valence-corrected chi connectivity index (χ4v) is 4.39. The number of carbonyl (C=O) groups excluding carboxylic acids is 2. The summed E-state index contributed by atoms with van der Waals surface area (Å²) in [4.78, 5) is 24.9. The molecule has 0 fully saturated rings. The maximum atomic E-state index is 12.7. The summed E-state index contributed by atoms with van der Waals surface area (Å²) >= 11 is 0. The van der Waals surface area contributed by atoms with Gasteiger partial charge in [0.05, 0.1) is 18.2 Å². The van der Waals surface area contributed by atoms with E-state index < -0.39 is 28.5 Å². The molecule has 3 aromatic rings. The maximum Gasteiger partial charge on any atom is 0.338 e. The number of amides is 1. The number of aromatic nitrogens is 1. The SMILES string of the molecule is CNS(=O)(=O)c1cc(C(=O)OCC(=O)Nc2c(C#N)c(C)c(C)n2-c2ccccc2)ccc1OC. The summed E-state index contributed by atoms with van der Waals surface area (Å²) in [7, 11) is -1.37. The summed E-state index contributed by atoms with van der Waals surface area (Å²) in [6, 6.07) is 15.1. The standard InChI is InChI=1S/C24H24N4O6S/c1-15-16(2)28(18-8-6-5-7-9-18)23(19(15)13-25)27-22(29)14-34-24(30)17-10-11-20(33-4)21(12-17)35(31,32)26-3/h5-12,26H,14H2,1-4H3,(H,27,29). The third-order valence-corrected chi connectivity index (χ3v) is 6.82. The van der Waals surface area contributed by atoms with Crippen LogP contribution < -0.4 is 14.8 Å². The number of nitrogens with zero attached hydrogens (tertiary/aromatic N) is 2. The van der Waals surface area contributed by atoms with Crippen molar-refractivity contribution in [3.05, 3.63) is 70.9 Å². The number of hydrogen-bond donors (Lipinski definition) is 2. The van der Waals surface area contributed by atoms with Gasteiger partial charge in [-0.1, -0.05) is 18.2 Å². The quantitative estimate of drug-likeness (QED) is 0.457. The summed E-state index contributed by atoms with van der Waals surface area (Å²) in [6.07, 6.45) is 0. The van der Waals surface area contributed by atoms with Crippen molar-refractivity contribution in [3.8, 4) is 17.5 Å². The second kappa shape index (κ2) is 10.4. The zero-order valence-corrected chi connectivity index (χ0v) is 20.4. The van der Waals surface area contributed by atoms with Crippen molar-refractivity contribution < 1.29 is 27.5 Å². The zero-order valence-electron chi connectivity index (χ0n) is 19.6. The molecule has 0 aliphatic rings. The monoisotopic (exact) mass is 496 g/mol. The molecule has 0 saturated heterocycles. The number of hydrogen-bond acceptors (Lipinski definition) is 7. The lowest BCUT2D eigenvalue weighted by Crippen LogP contribution is -2.23. The van der Waals surface area contributed by atoms with Gasteiger partial charge < -0.3 is 14.8 Å². The number of nitrogens with one attached hydrogen (secondary N) is 2. The molecule has 0 aliphatic heterocycles. The lowest BCUT2D eigenvalue weighted by atomic mass is 10.2. The number of ether oxygens (including phenoxy) is 2. The summed E-state index contributed by atoms with van der Waals surface area (Å²) < 4.78 is 38.5. The fraction of sp³-hybridized carbons (Fsp3) is 0.208. The molecule has 0 unspecified atom stereocenters. The molecule has 0 aliphatic carbocycles. The number of esters is 1. The number of nitriles is 1. The van der Waals surface area contributed by atoms with Crippen LogP contribution in [0.15, 0.2) is 53.4 Å². The molecule has 0 radical (unpaired) electrons. The molecule has 182 valence electrons. The first-order valence-electron chi connectivity index (χ1n) is 10.4. The van der Waals surface area contributed by atoms with Crippen LogP contribution in [0.3, 0.4) is 0 Å². The highest BCUT2D eigenvalue weighted by molar-refractivity contribution is 7.89. The van der Waals surface area contributed by atoms with Crippen LogP contribution in [0.5, 0.6) is 5.75 Å². The molecule has 3 rings (SSSR count). The Morgan fingerprint density at radius 1 is 1.11 bits per heavy atom. The molecule has 1 amide bonds. The molecule has 35 heavy (non-hydrogen) atoms. The molecule has 0 bridgehead atoms. The van der Waals surface area contributed by atoms with E-state index in [1.54, 1.807) is 11.5 Å². The minimum atomic E-state index is -3.90. The number of carbonyl (C=O) groups is 2. The number of anilines is 1. The Kier molecular flexibility index (Phi) is 7.58. The second-order valence-electron chi connectivity index (χ2n) is 7.41. The van der Waals surface area contributed by atoms with Gasteiger partial charge in [0.25, 0.3) is 5.91 Å². The van der Waals surface area contributed by atoms with Crippen molar-refractivity contribution >= 4 is 27.7 Å². The predicted molar refractivity (Wildman–Crippen MR) is 128 cm³/mol. The first-order chi connectivity index (χ1) is 16.6. The highest BCUT2D eigenvalue weighted by Crippen LogP contribution is 2.30. The van der Waals surface area contributed by atoms with E-state index in [0.717, 1.165) is 17.4 Å². The van der Waals surface area contributed by atoms with Crippen LogP contribution in [-0.4, -0.2) is 45.6 Å². The molecule has 2 N–H and O–H groups in total. The summed E-state index contributed by atoms with van der Waals surface area (Å²) in [5.41, 5.74) is 2.45. The van der Waals surface area contributed by atoms with Gasteiger partial charge in [-0.25, -0.2) is 17.9 Å². The van der Waals surface area contributed by atoms with E-state index in [2.05, 4.69) is 16.1 Å². The van der Waals surface area contributed by atoms with Crippen LogP contribution in [0, 0.1) is 25.2 Å². The topological polar surface area (TPSA) is 140 Å². The largest absolute Gasteiger partial charge is 0.495 e. The van der Waals surface area contributed by atoms with Crippen molar-refractivity contribution in [2.24, 2.45) is 0 Å². The molecule has 2 aromatic carbocycles. The Morgan fingerprint density at radius 2 is 1.80 bits per heavy atom. The van der Waals surface area contributed by atoms with E-state index in [4.69, 9.17) is 9.47 Å². The van der Waals surface area contributed by atoms with Crippen LogP contribution >= 0.6 is 0 Å². The van der Waals surface area contributed by atoms with Gasteiger partial charge in [-0.15, -0.1) is 0 Å². The third kappa shape index (κ3) is 5.18. The highest BCUT2D eigenvalue weighted by Gasteiger charge is 2.23. The summed E-state index contributed by atoms with van der Waals surface area (Å²) in [5.74, 6) is -1.26. The highest BCUT2D eigenvalue weighted by atomic mass is 32.2. The number of para-hydroxylation sites is 1. The third-order valence-electron chi connectivity index (χ3n) is 5.39. The molecule has 0 atom stereocenters. The molecule has 11 heteroatoms. The lowest BCUT2D eigenvalue weighted by Gasteiger charge is -2.13. The maximum absolute atomic E-state index is 12.7. The Labute approximate surface area is 203 Å². The van der Waals surface area contributed by atoms with Crippen molar-refractivity contribution in [2.75, 3.05) is 26.1 Å². The van der Waals surface area contributed by atoms with E-state index in [-0.39, 0.29) is 22.0 Å². The summed E-state index contributed by atoms with van der Waals surface area (Å²) in [6.45, 7) is 2.96. The smallest absolute Gasteiger partial charge is 0.338 e. The van der Waals surface area contributed by atoms with Crippen molar-refractivity contribution in [1.29, 1.82) is 5.26 Å². The Hall–Kier alpha value is -4.14. The molecule has 0 saturated carbocycles. The van der Waals surface area contributed by atoms with Crippen molar-refractivity contribution in [2.45, 2.75) is 18.7 Å². The van der Waals surface area contributed by atoms with Crippen LogP contribution in [-0.2, 0) is 19.6 Å². The first kappa shape index (κ1) is 25.5. The Balaban J connectivity index is 1.81. The van der Waals surface area contributed by atoms with Crippen LogP contribution in [0.4, 0.5) is 5.82 Å². The van der Waals surface area contributed by atoms with Crippen LogP contribution in [0.2, 0.25) is 0 Å². The number of methoxy groups -OCH3 is 1. The lowest BCUT2D eigenvalue weighted by molar-refractivity contribution is -0.119. The predicted octanol–water partition coefficient (Wildman–Crippen LogP) is 2.68. The normalized spacial score (nSPS) is 10.9. The average Bonchev–Trinajstić information content (AvgIpc) is 3.10. The Bertz CT molecular complexity index is 1420. The molecule has 0 spiro atoms. The van der Waals surface area contributed by atoms with Gasteiger partial charge >= 0.3 is 5.97 Å². The Morgan fingerprint density at radius 3 is 2.40 bits per heavy atom. The van der Waals surface area contributed by atoms with Gasteiger partial charge in [0.15, 0.2) is 6.61 Å². The van der Waals surface area contributed by atoms with Crippen molar-refractivity contribution in [1.82, 2.24) is 9.29 Å². The van der Waals surface area contributed by atoms with Gasteiger partial charge in [0.2, 0.25) is 10.0 Å². The van der Waals surface area contributed by atoms with E-state index in [9.17, 15) is 23.3 Å². The first-order valence-corrected chi connectivity index (χ1v) is 11.9. The van der Waals surface area contributed by atoms with Gasteiger partial charge in [-0.05, 0) is 56.8 Å². The molecule has 10 nitrogen and oxygen atoms in total. The van der Waals surface area contributed by atoms with E-state index >= 15 is 0 Å². The number of benzene rings is 2.